The first-order valence-corrected chi connectivity index (χ1v) is 6.47. The second-order valence-corrected chi connectivity index (χ2v) is 4.89. The Labute approximate surface area is 109 Å². The maximum Gasteiger partial charge on any atom is 0.254 e. The fraction of sp³-hybridized carbons (Fsp3) is 0.231. The van der Waals surface area contributed by atoms with Gasteiger partial charge in [-0.25, -0.2) is 9.37 Å². The predicted octanol–water partition coefficient (Wildman–Crippen LogP) is 2.56. The van der Waals surface area contributed by atoms with Crippen LogP contribution in [0.15, 0.2) is 29.8 Å². The van der Waals surface area contributed by atoms with Crippen LogP contribution in [0.4, 0.5) is 4.39 Å². The molecule has 0 unspecified atom stereocenters. The van der Waals surface area contributed by atoms with Crippen molar-refractivity contribution >= 4 is 17.2 Å². The molecule has 5 heteroatoms. The van der Waals surface area contributed by atoms with E-state index in [2.05, 4.69) is 10.3 Å². The van der Waals surface area contributed by atoms with Gasteiger partial charge in [-0.3, -0.25) is 4.79 Å². The van der Waals surface area contributed by atoms with E-state index in [1.807, 2.05) is 12.3 Å². The molecule has 0 aliphatic heterocycles. The Balaban J connectivity index is 1.93. The molecule has 0 spiro atoms. The number of nitrogens with zero attached hydrogens (tertiary/aromatic N) is 1. The number of thiazole rings is 1. The quantitative estimate of drug-likeness (QED) is 0.922. The minimum Gasteiger partial charge on any atom is -0.352 e. The molecule has 0 radical (unpaired) electrons. The van der Waals surface area contributed by atoms with E-state index >= 15 is 0 Å². The molecule has 2 aromatic rings. The van der Waals surface area contributed by atoms with Gasteiger partial charge in [0.25, 0.3) is 5.91 Å². The van der Waals surface area contributed by atoms with Crippen molar-refractivity contribution in [2.45, 2.75) is 13.3 Å². The highest BCUT2D eigenvalue weighted by molar-refractivity contribution is 7.09. The van der Waals surface area contributed by atoms with Crippen molar-refractivity contribution in [3.05, 3.63) is 51.7 Å². The normalized spacial score (nSPS) is 10.3. The standard InChI is InChI=1S/C13H13FN2OS/c1-9-2-3-11(14)10(8-9)13(17)16-5-4-12-15-6-7-18-12/h2-3,6-8H,4-5H2,1H3,(H,16,17). The van der Waals surface area contributed by atoms with Crippen molar-refractivity contribution < 1.29 is 9.18 Å². The van der Waals surface area contributed by atoms with Gasteiger partial charge >= 0.3 is 0 Å². The number of aryl methyl sites for hydroxylation is 1. The van der Waals surface area contributed by atoms with E-state index in [0.29, 0.717) is 13.0 Å². The van der Waals surface area contributed by atoms with Gasteiger partial charge in [0, 0.05) is 24.5 Å². The third kappa shape index (κ3) is 3.13. The highest BCUT2D eigenvalue weighted by atomic mass is 32.1. The molecule has 1 N–H and O–H groups in total. The summed E-state index contributed by atoms with van der Waals surface area (Å²) in [6.07, 6.45) is 2.39. The van der Waals surface area contributed by atoms with Crippen molar-refractivity contribution in [3.63, 3.8) is 0 Å². The summed E-state index contributed by atoms with van der Waals surface area (Å²) >= 11 is 1.54. The molecule has 0 aliphatic carbocycles. The smallest absolute Gasteiger partial charge is 0.254 e. The van der Waals surface area contributed by atoms with Gasteiger partial charge in [-0.15, -0.1) is 11.3 Å². The Hall–Kier alpha value is -1.75. The Bertz CT molecular complexity index is 540. The first kappa shape index (κ1) is 12.7. The van der Waals surface area contributed by atoms with Crippen molar-refractivity contribution in [2.24, 2.45) is 0 Å². The third-order valence-electron chi connectivity index (χ3n) is 2.47. The van der Waals surface area contributed by atoms with E-state index < -0.39 is 5.82 Å². The molecule has 2 rings (SSSR count). The van der Waals surface area contributed by atoms with Gasteiger partial charge in [0.05, 0.1) is 10.6 Å². The topological polar surface area (TPSA) is 42.0 Å². The molecular weight excluding hydrogens is 251 g/mol. The van der Waals surface area contributed by atoms with Crippen LogP contribution >= 0.6 is 11.3 Å². The zero-order chi connectivity index (χ0) is 13.0. The van der Waals surface area contributed by atoms with Gasteiger partial charge in [0.2, 0.25) is 0 Å². The van der Waals surface area contributed by atoms with Gasteiger partial charge in [-0.05, 0) is 19.1 Å². The van der Waals surface area contributed by atoms with Crippen molar-refractivity contribution in [1.82, 2.24) is 10.3 Å². The second kappa shape index (κ2) is 5.73. The lowest BCUT2D eigenvalue weighted by molar-refractivity contribution is 0.0950. The molecule has 0 saturated heterocycles. The van der Waals surface area contributed by atoms with Gasteiger partial charge in [-0.1, -0.05) is 11.6 Å². The summed E-state index contributed by atoms with van der Waals surface area (Å²) in [7, 11) is 0. The van der Waals surface area contributed by atoms with Crippen molar-refractivity contribution in [3.8, 4) is 0 Å². The van der Waals surface area contributed by atoms with Crippen LogP contribution in [-0.2, 0) is 6.42 Å². The molecule has 0 saturated carbocycles. The van der Waals surface area contributed by atoms with Crippen LogP contribution in [0.2, 0.25) is 0 Å². The lowest BCUT2D eigenvalue weighted by Crippen LogP contribution is -2.26. The largest absolute Gasteiger partial charge is 0.352 e. The summed E-state index contributed by atoms with van der Waals surface area (Å²) < 4.78 is 13.4. The zero-order valence-electron chi connectivity index (χ0n) is 9.94. The van der Waals surface area contributed by atoms with Crippen LogP contribution in [0.5, 0.6) is 0 Å². The van der Waals surface area contributed by atoms with E-state index in [-0.39, 0.29) is 11.5 Å². The van der Waals surface area contributed by atoms with Gasteiger partial charge in [0.15, 0.2) is 0 Å². The first-order valence-electron chi connectivity index (χ1n) is 5.59. The van der Waals surface area contributed by atoms with Gasteiger partial charge < -0.3 is 5.32 Å². The Morgan fingerprint density at radius 3 is 3.06 bits per heavy atom. The lowest BCUT2D eigenvalue weighted by Gasteiger charge is -2.06. The monoisotopic (exact) mass is 264 g/mol. The molecule has 94 valence electrons. The van der Waals surface area contributed by atoms with Crippen LogP contribution < -0.4 is 5.32 Å². The maximum absolute atomic E-state index is 13.4. The predicted molar refractivity (Wildman–Crippen MR) is 69.3 cm³/mol. The molecule has 0 fully saturated rings. The van der Waals surface area contributed by atoms with Crippen molar-refractivity contribution in [2.75, 3.05) is 6.54 Å². The van der Waals surface area contributed by atoms with Crippen LogP contribution in [0.25, 0.3) is 0 Å². The number of benzene rings is 1. The SMILES string of the molecule is Cc1ccc(F)c(C(=O)NCCc2nccs2)c1. The van der Waals surface area contributed by atoms with E-state index in [1.54, 1.807) is 18.3 Å². The fourth-order valence-corrected chi connectivity index (χ4v) is 2.19. The molecule has 18 heavy (non-hydrogen) atoms. The second-order valence-electron chi connectivity index (χ2n) is 3.92. The summed E-state index contributed by atoms with van der Waals surface area (Å²) in [6, 6.07) is 4.50. The molecule has 0 bridgehead atoms. The summed E-state index contributed by atoms with van der Waals surface area (Å²) in [5.41, 5.74) is 0.954. The Kier molecular flexibility index (Phi) is 4.04. The number of carbonyl (C=O) groups excluding carboxylic acids is 1. The summed E-state index contributed by atoms with van der Waals surface area (Å²) in [5.74, 6) is -0.875. The molecule has 0 aliphatic rings. The number of carbonyl (C=O) groups is 1. The van der Waals surface area contributed by atoms with E-state index in [1.165, 1.54) is 17.4 Å². The van der Waals surface area contributed by atoms with Gasteiger partial charge in [-0.2, -0.15) is 0 Å². The number of rotatable bonds is 4. The molecule has 0 atom stereocenters. The van der Waals surface area contributed by atoms with E-state index in [4.69, 9.17) is 0 Å². The third-order valence-corrected chi connectivity index (χ3v) is 3.31. The van der Waals surface area contributed by atoms with E-state index in [9.17, 15) is 9.18 Å². The van der Waals surface area contributed by atoms with Crippen molar-refractivity contribution in [1.29, 1.82) is 0 Å². The Morgan fingerprint density at radius 2 is 2.33 bits per heavy atom. The fourth-order valence-electron chi connectivity index (χ4n) is 1.57. The van der Waals surface area contributed by atoms with Crippen LogP contribution in [0.3, 0.4) is 0 Å². The number of hydrogen-bond acceptors (Lipinski definition) is 3. The summed E-state index contributed by atoms with van der Waals surface area (Å²) in [4.78, 5) is 15.9. The lowest BCUT2D eigenvalue weighted by atomic mass is 10.1. The summed E-state index contributed by atoms with van der Waals surface area (Å²) in [5, 5.41) is 5.54. The highest BCUT2D eigenvalue weighted by Gasteiger charge is 2.11. The number of aromatic nitrogens is 1. The van der Waals surface area contributed by atoms with Crippen LogP contribution in [-0.4, -0.2) is 17.4 Å². The number of hydrogen-bond donors (Lipinski definition) is 1. The molecule has 1 aromatic carbocycles. The first-order chi connectivity index (χ1) is 8.66. The number of amides is 1. The molecular formula is C13H13FN2OS. The minimum atomic E-state index is -0.493. The van der Waals surface area contributed by atoms with E-state index in [0.717, 1.165) is 10.6 Å². The molecule has 1 amide bonds. The average Bonchev–Trinajstić information content (AvgIpc) is 2.85. The average molecular weight is 264 g/mol. The highest BCUT2D eigenvalue weighted by Crippen LogP contribution is 2.10. The molecule has 1 heterocycles. The zero-order valence-corrected chi connectivity index (χ0v) is 10.8. The molecule has 1 aromatic heterocycles. The number of halogens is 1. The molecule has 3 nitrogen and oxygen atoms in total. The minimum absolute atomic E-state index is 0.0918. The number of nitrogens with one attached hydrogen (secondary N) is 1. The van der Waals surface area contributed by atoms with Crippen LogP contribution in [0.1, 0.15) is 20.9 Å². The Morgan fingerprint density at radius 1 is 1.50 bits per heavy atom. The maximum atomic E-state index is 13.4. The van der Waals surface area contributed by atoms with Crippen LogP contribution in [0, 0.1) is 12.7 Å². The summed E-state index contributed by atoms with van der Waals surface area (Å²) in [6.45, 7) is 2.28. The van der Waals surface area contributed by atoms with Gasteiger partial charge in [0.1, 0.15) is 5.82 Å².